The second-order valence-corrected chi connectivity index (χ2v) is 2.35. The first kappa shape index (κ1) is 8.40. The van der Waals surface area contributed by atoms with E-state index >= 15 is 0 Å². The summed E-state index contributed by atoms with van der Waals surface area (Å²) >= 11 is 0. The highest BCUT2D eigenvalue weighted by molar-refractivity contribution is 5.20. The quantitative estimate of drug-likeness (QED) is 0.603. The van der Waals surface area contributed by atoms with E-state index in [2.05, 4.69) is 0 Å². The summed E-state index contributed by atoms with van der Waals surface area (Å²) in [5.74, 6) is -2.19. The number of alkyl halides is 1. The molecular weight excluding hydrogens is 150 g/mol. The first-order valence-corrected chi connectivity index (χ1v) is 3.54. The normalized spacial score (nSPS) is 30.3. The summed E-state index contributed by atoms with van der Waals surface area (Å²) in [5, 5.41) is 0. The van der Waals surface area contributed by atoms with Gasteiger partial charge in [0.05, 0.1) is 0 Å². The van der Waals surface area contributed by atoms with E-state index < -0.39 is 11.7 Å². The van der Waals surface area contributed by atoms with Crippen molar-refractivity contribution in [3.8, 4) is 0 Å². The van der Waals surface area contributed by atoms with Crippen molar-refractivity contribution >= 4 is 0 Å². The number of rotatable bonds is 2. The van der Waals surface area contributed by atoms with Crippen LogP contribution in [0, 0.1) is 0 Å². The van der Waals surface area contributed by atoms with Crippen LogP contribution in [-0.4, -0.2) is 12.5 Å². The average molecular weight is 160 g/mol. The molecule has 1 aliphatic carbocycles. The number of ether oxygens (including phenoxy) is 1. The summed E-state index contributed by atoms with van der Waals surface area (Å²) in [4.78, 5) is 0. The molecule has 1 atom stereocenters. The van der Waals surface area contributed by atoms with Gasteiger partial charge in [0.1, 0.15) is 5.83 Å². The van der Waals surface area contributed by atoms with Crippen molar-refractivity contribution < 1.29 is 13.5 Å². The third-order valence-corrected chi connectivity index (χ3v) is 1.45. The zero-order chi connectivity index (χ0) is 8.32. The molecule has 0 aromatic rings. The summed E-state index contributed by atoms with van der Waals surface area (Å²) in [7, 11) is 0. The molecule has 1 unspecified atom stereocenters. The number of hydrogen-bond acceptors (Lipinski definition) is 1. The van der Waals surface area contributed by atoms with E-state index in [0.29, 0.717) is 0 Å². The Morgan fingerprint density at radius 3 is 2.91 bits per heavy atom. The van der Waals surface area contributed by atoms with Crippen LogP contribution < -0.4 is 0 Å². The van der Waals surface area contributed by atoms with Gasteiger partial charge in [-0.05, 0) is 25.2 Å². The SMILES string of the molecule is CCOC1(F)C=CC(F)=CC1. The Morgan fingerprint density at radius 2 is 2.45 bits per heavy atom. The van der Waals surface area contributed by atoms with Crippen LogP contribution in [0.25, 0.3) is 0 Å². The zero-order valence-corrected chi connectivity index (χ0v) is 6.31. The van der Waals surface area contributed by atoms with E-state index in [0.717, 1.165) is 12.2 Å². The summed E-state index contributed by atoms with van der Waals surface area (Å²) in [6.45, 7) is 1.99. The fraction of sp³-hybridized carbons (Fsp3) is 0.500. The Hall–Kier alpha value is -0.700. The summed E-state index contributed by atoms with van der Waals surface area (Å²) < 4.78 is 30.3. The highest BCUT2D eigenvalue weighted by atomic mass is 19.2. The molecule has 0 N–H and O–H groups in total. The standard InChI is InChI=1S/C8H10F2O/c1-2-11-8(10)5-3-7(9)4-6-8/h3-5H,2,6H2,1H3. The van der Waals surface area contributed by atoms with Crippen LogP contribution >= 0.6 is 0 Å². The molecule has 0 saturated carbocycles. The third kappa shape index (κ3) is 2.12. The maximum Gasteiger partial charge on any atom is 0.232 e. The van der Waals surface area contributed by atoms with E-state index in [-0.39, 0.29) is 13.0 Å². The van der Waals surface area contributed by atoms with Gasteiger partial charge in [-0.3, -0.25) is 0 Å². The lowest BCUT2D eigenvalue weighted by molar-refractivity contribution is -0.1000. The largest absolute Gasteiger partial charge is 0.343 e. The molecule has 0 saturated heterocycles. The molecular formula is C8H10F2O. The van der Waals surface area contributed by atoms with Gasteiger partial charge in [-0.1, -0.05) is 0 Å². The Morgan fingerprint density at radius 1 is 1.73 bits per heavy atom. The lowest BCUT2D eigenvalue weighted by Crippen LogP contribution is -2.24. The van der Waals surface area contributed by atoms with Gasteiger partial charge in [0.15, 0.2) is 0 Å². The molecule has 0 aliphatic heterocycles. The number of halogens is 2. The first-order chi connectivity index (χ1) is 5.16. The van der Waals surface area contributed by atoms with Gasteiger partial charge in [-0.25, -0.2) is 8.78 Å². The lowest BCUT2D eigenvalue weighted by atomic mass is 10.1. The van der Waals surface area contributed by atoms with E-state index in [4.69, 9.17) is 4.74 Å². The molecule has 0 spiro atoms. The van der Waals surface area contributed by atoms with Crippen molar-refractivity contribution in [2.24, 2.45) is 0 Å². The Bertz CT molecular complexity index is 198. The second kappa shape index (κ2) is 3.13. The monoisotopic (exact) mass is 160 g/mol. The summed E-state index contributed by atoms with van der Waals surface area (Å²) in [5.41, 5.74) is 0. The van der Waals surface area contributed by atoms with Crippen LogP contribution in [0.1, 0.15) is 13.3 Å². The van der Waals surface area contributed by atoms with Crippen molar-refractivity contribution in [1.82, 2.24) is 0 Å². The predicted octanol–water partition coefficient (Wildman–Crippen LogP) is 2.50. The van der Waals surface area contributed by atoms with Gasteiger partial charge in [-0.2, -0.15) is 0 Å². The van der Waals surface area contributed by atoms with Crippen molar-refractivity contribution in [3.63, 3.8) is 0 Å². The molecule has 0 bridgehead atoms. The highest BCUT2D eigenvalue weighted by Gasteiger charge is 2.27. The van der Waals surface area contributed by atoms with Crippen LogP contribution in [0.2, 0.25) is 0 Å². The van der Waals surface area contributed by atoms with E-state index in [1.54, 1.807) is 6.92 Å². The fourth-order valence-electron chi connectivity index (χ4n) is 0.924. The van der Waals surface area contributed by atoms with E-state index in [9.17, 15) is 8.78 Å². The Kier molecular flexibility index (Phi) is 2.39. The maximum atomic E-state index is 13.2. The third-order valence-electron chi connectivity index (χ3n) is 1.45. The van der Waals surface area contributed by atoms with Gasteiger partial charge in [0.2, 0.25) is 5.85 Å². The molecule has 1 aliphatic rings. The molecule has 0 aromatic carbocycles. The minimum atomic E-state index is -1.79. The lowest BCUT2D eigenvalue weighted by Gasteiger charge is -2.21. The van der Waals surface area contributed by atoms with Crippen LogP contribution in [0.15, 0.2) is 24.1 Å². The Labute approximate surface area is 64.4 Å². The van der Waals surface area contributed by atoms with E-state index in [1.165, 1.54) is 6.08 Å². The molecule has 1 nitrogen and oxygen atoms in total. The van der Waals surface area contributed by atoms with Crippen molar-refractivity contribution in [2.45, 2.75) is 19.2 Å². The number of allylic oxidation sites excluding steroid dienone is 2. The molecule has 3 heteroatoms. The van der Waals surface area contributed by atoms with Crippen LogP contribution in [-0.2, 0) is 4.74 Å². The molecule has 0 fully saturated rings. The molecule has 0 amide bonds. The molecule has 0 heterocycles. The minimum absolute atomic E-state index is 0.0385. The summed E-state index contributed by atoms with van der Waals surface area (Å²) in [6.07, 6.45) is 3.32. The molecule has 0 aromatic heterocycles. The molecule has 1 rings (SSSR count). The number of hydrogen-bond donors (Lipinski definition) is 0. The first-order valence-electron chi connectivity index (χ1n) is 3.54. The summed E-state index contributed by atoms with van der Waals surface area (Å²) in [6, 6.07) is 0. The Balaban J connectivity index is 2.58. The molecule has 11 heavy (non-hydrogen) atoms. The van der Waals surface area contributed by atoms with E-state index in [1.807, 2.05) is 0 Å². The minimum Gasteiger partial charge on any atom is -0.343 e. The average Bonchev–Trinajstić information content (AvgIpc) is 1.97. The van der Waals surface area contributed by atoms with Crippen LogP contribution in [0.3, 0.4) is 0 Å². The van der Waals surface area contributed by atoms with Crippen molar-refractivity contribution in [2.75, 3.05) is 6.61 Å². The molecule has 0 radical (unpaired) electrons. The van der Waals surface area contributed by atoms with Gasteiger partial charge in [0.25, 0.3) is 0 Å². The van der Waals surface area contributed by atoms with Gasteiger partial charge < -0.3 is 4.74 Å². The van der Waals surface area contributed by atoms with Gasteiger partial charge in [0, 0.05) is 13.0 Å². The maximum absolute atomic E-state index is 13.2. The second-order valence-electron chi connectivity index (χ2n) is 2.35. The van der Waals surface area contributed by atoms with Gasteiger partial charge in [-0.15, -0.1) is 0 Å². The topological polar surface area (TPSA) is 9.23 Å². The van der Waals surface area contributed by atoms with Crippen molar-refractivity contribution in [1.29, 1.82) is 0 Å². The zero-order valence-electron chi connectivity index (χ0n) is 6.31. The molecule has 62 valence electrons. The fourth-order valence-corrected chi connectivity index (χ4v) is 0.924. The van der Waals surface area contributed by atoms with Crippen LogP contribution in [0.5, 0.6) is 0 Å². The smallest absolute Gasteiger partial charge is 0.232 e. The van der Waals surface area contributed by atoms with Crippen molar-refractivity contribution in [3.05, 3.63) is 24.1 Å². The predicted molar refractivity (Wildman–Crippen MR) is 38.4 cm³/mol. The van der Waals surface area contributed by atoms with Gasteiger partial charge >= 0.3 is 0 Å². The van der Waals surface area contributed by atoms with Crippen LogP contribution in [0.4, 0.5) is 8.78 Å². The highest BCUT2D eigenvalue weighted by Crippen LogP contribution is 2.26.